The summed E-state index contributed by atoms with van der Waals surface area (Å²) in [5.41, 5.74) is 8.02. The minimum Gasteiger partial charge on any atom is -0.328 e. The second kappa shape index (κ2) is 4.11. The number of hydrogen-bond donors (Lipinski definition) is 1. The highest BCUT2D eigenvalue weighted by molar-refractivity contribution is 5.71. The summed E-state index contributed by atoms with van der Waals surface area (Å²) in [6.07, 6.45) is 6.43. The van der Waals surface area contributed by atoms with E-state index < -0.39 is 0 Å². The molecule has 1 saturated carbocycles. The lowest BCUT2D eigenvalue weighted by Crippen LogP contribution is -2.27. The van der Waals surface area contributed by atoms with Gasteiger partial charge in [0, 0.05) is 25.2 Å². The molecule has 1 aliphatic rings. The maximum absolute atomic E-state index is 6.05. The molecule has 2 heterocycles. The van der Waals surface area contributed by atoms with Crippen molar-refractivity contribution in [3.8, 4) is 0 Å². The van der Waals surface area contributed by atoms with Gasteiger partial charge in [-0.3, -0.25) is 0 Å². The smallest absolute Gasteiger partial charge is 0.159 e. The molecular weight excluding hydrogens is 212 g/mol. The molecule has 2 aromatic rings. The van der Waals surface area contributed by atoms with Crippen molar-refractivity contribution < 1.29 is 0 Å². The van der Waals surface area contributed by atoms with Crippen LogP contribution in [0, 0.1) is 0 Å². The van der Waals surface area contributed by atoms with Crippen molar-refractivity contribution in [3.63, 3.8) is 0 Å². The Balaban J connectivity index is 2.02. The summed E-state index contributed by atoms with van der Waals surface area (Å²) in [4.78, 5) is 9.10. The van der Waals surface area contributed by atoms with E-state index in [9.17, 15) is 0 Å². The van der Waals surface area contributed by atoms with Crippen LogP contribution in [0.3, 0.4) is 0 Å². The van der Waals surface area contributed by atoms with Crippen LogP contribution in [0.2, 0.25) is 0 Å². The lowest BCUT2D eigenvalue weighted by Gasteiger charge is -2.25. The third-order valence-electron chi connectivity index (χ3n) is 3.74. The van der Waals surface area contributed by atoms with Crippen molar-refractivity contribution in [1.82, 2.24) is 14.5 Å². The zero-order chi connectivity index (χ0) is 11.8. The summed E-state index contributed by atoms with van der Waals surface area (Å²) in [5, 5.41) is 0. The fourth-order valence-electron chi connectivity index (χ4n) is 2.87. The van der Waals surface area contributed by atoms with Crippen molar-refractivity contribution in [3.05, 3.63) is 24.2 Å². The zero-order valence-corrected chi connectivity index (χ0v) is 10.1. The van der Waals surface area contributed by atoms with Gasteiger partial charge in [0.25, 0.3) is 0 Å². The lowest BCUT2D eigenvalue weighted by atomic mass is 9.85. The van der Waals surface area contributed by atoms with Gasteiger partial charge in [-0.15, -0.1) is 0 Å². The predicted octanol–water partition coefficient (Wildman–Crippen LogP) is 1.95. The number of aryl methyl sites for hydroxylation is 1. The molecule has 2 aromatic heterocycles. The third kappa shape index (κ3) is 1.82. The summed E-state index contributed by atoms with van der Waals surface area (Å²) in [5.74, 6) is 1.65. The van der Waals surface area contributed by atoms with Crippen molar-refractivity contribution in [1.29, 1.82) is 0 Å². The van der Waals surface area contributed by atoms with Gasteiger partial charge in [-0.2, -0.15) is 0 Å². The average molecular weight is 230 g/mol. The molecule has 0 bridgehead atoms. The minimum absolute atomic E-state index is 0.335. The maximum Gasteiger partial charge on any atom is 0.159 e. The number of rotatable bonds is 1. The van der Waals surface area contributed by atoms with Crippen molar-refractivity contribution in [2.45, 2.75) is 37.6 Å². The molecule has 2 atom stereocenters. The van der Waals surface area contributed by atoms with E-state index in [1.807, 2.05) is 18.3 Å². The largest absolute Gasteiger partial charge is 0.328 e. The highest BCUT2D eigenvalue weighted by atomic mass is 15.1. The van der Waals surface area contributed by atoms with Crippen LogP contribution in [-0.2, 0) is 7.05 Å². The second-order valence-electron chi connectivity index (χ2n) is 5.00. The first-order valence-corrected chi connectivity index (χ1v) is 6.28. The standard InChI is InChI=1S/C13H18N4/c1-17-12(9-4-2-5-10(14)8-9)16-11-6-3-7-15-13(11)17/h3,6-7,9-10H,2,4-5,8,14H2,1H3. The summed E-state index contributed by atoms with van der Waals surface area (Å²) in [6, 6.07) is 4.29. The number of hydrogen-bond acceptors (Lipinski definition) is 3. The average Bonchev–Trinajstić information content (AvgIpc) is 2.68. The van der Waals surface area contributed by atoms with Gasteiger partial charge in [-0.1, -0.05) is 6.42 Å². The Morgan fingerprint density at radius 2 is 2.29 bits per heavy atom. The number of aromatic nitrogens is 3. The van der Waals surface area contributed by atoms with E-state index >= 15 is 0 Å². The van der Waals surface area contributed by atoms with Crippen LogP contribution in [-0.4, -0.2) is 20.6 Å². The predicted molar refractivity (Wildman–Crippen MR) is 67.7 cm³/mol. The molecule has 1 aliphatic carbocycles. The molecular formula is C13H18N4. The molecule has 1 fully saturated rings. The number of nitrogens with two attached hydrogens (primary N) is 1. The lowest BCUT2D eigenvalue weighted by molar-refractivity contribution is 0.378. The molecule has 90 valence electrons. The van der Waals surface area contributed by atoms with Gasteiger partial charge in [0.15, 0.2) is 5.65 Å². The van der Waals surface area contributed by atoms with Crippen LogP contribution < -0.4 is 5.73 Å². The van der Waals surface area contributed by atoms with E-state index in [4.69, 9.17) is 10.7 Å². The quantitative estimate of drug-likeness (QED) is 0.814. The van der Waals surface area contributed by atoms with Gasteiger partial charge in [0.1, 0.15) is 11.3 Å². The van der Waals surface area contributed by atoms with E-state index in [0.29, 0.717) is 12.0 Å². The molecule has 0 aliphatic heterocycles. The monoisotopic (exact) mass is 230 g/mol. The summed E-state index contributed by atoms with van der Waals surface area (Å²) in [7, 11) is 2.05. The van der Waals surface area contributed by atoms with Crippen LogP contribution >= 0.6 is 0 Å². The molecule has 0 amide bonds. The first-order chi connectivity index (χ1) is 8.25. The van der Waals surface area contributed by atoms with E-state index in [-0.39, 0.29) is 0 Å². The normalized spacial score (nSPS) is 25.3. The fraction of sp³-hybridized carbons (Fsp3) is 0.538. The maximum atomic E-state index is 6.05. The number of fused-ring (bicyclic) bond motifs is 1. The van der Waals surface area contributed by atoms with Crippen LogP contribution in [0.1, 0.15) is 37.4 Å². The van der Waals surface area contributed by atoms with E-state index in [1.54, 1.807) is 0 Å². The summed E-state index contributed by atoms with van der Waals surface area (Å²) >= 11 is 0. The van der Waals surface area contributed by atoms with Gasteiger partial charge in [-0.25, -0.2) is 9.97 Å². The third-order valence-corrected chi connectivity index (χ3v) is 3.74. The van der Waals surface area contributed by atoms with Crippen molar-refractivity contribution >= 4 is 11.2 Å². The highest BCUT2D eigenvalue weighted by Crippen LogP contribution is 2.32. The topological polar surface area (TPSA) is 56.7 Å². The van der Waals surface area contributed by atoms with Gasteiger partial charge in [-0.05, 0) is 31.4 Å². The SMILES string of the molecule is Cn1c(C2CCCC(N)C2)nc2cccnc21. The number of nitrogens with zero attached hydrogens (tertiary/aromatic N) is 3. The van der Waals surface area contributed by atoms with Gasteiger partial charge in [0.2, 0.25) is 0 Å². The molecule has 0 aromatic carbocycles. The first kappa shape index (κ1) is 10.7. The zero-order valence-electron chi connectivity index (χ0n) is 10.1. The Kier molecular flexibility index (Phi) is 2.59. The molecule has 4 nitrogen and oxygen atoms in total. The molecule has 2 unspecified atom stereocenters. The molecule has 0 radical (unpaired) electrons. The summed E-state index contributed by atoms with van der Waals surface area (Å²) in [6.45, 7) is 0. The Hall–Kier alpha value is -1.42. The van der Waals surface area contributed by atoms with E-state index in [1.165, 1.54) is 12.8 Å². The number of imidazole rings is 1. The molecule has 4 heteroatoms. The van der Waals surface area contributed by atoms with Crippen LogP contribution in [0.5, 0.6) is 0 Å². The van der Waals surface area contributed by atoms with Gasteiger partial charge >= 0.3 is 0 Å². The molecule has 17 heavy (non-hydrogen) atoms. The van der Waals surface area contributed by atoms with E-state index in [2.05, 4.69) is 16.6 Å². The fourth-order valence-corrected chi connectivity index (χ4v) is 2.87. The Morgan fingerprint density at radius 3 is 3.06 bits per heavy atom. The molecule has 0 spiro atoms. The Morgan fingerprint density at radius 1 is 1.41 bits per heavy atom. The van der Waals surface area contributed by atoms with E-state index in [0.717, 1.165) is 29.8 Å². The van der Waals surface area contributed by atoms with Crippen molar-refractivity contribution in [2.24, 2.45) is 12.8 Å². The Bertz CT molecular complexity index is 531. The second-order valence-corrected chi connectivity index (χ2v) is 5.00. The molecule has 3 rings (SSSR count). The van der Waals surface area contributed by atoms with Crippen LogP contribution in [0.15, 0.2) is 18.3 Å². The summed E-state index contributed by atoms with van der Waals surface area (Å²) < 4.78 is 2.12. The van der Waals surface area contributed by atoms with Crippen molar-refractivity contribution in [2.75, 3.05) is 0 Å². The molecule has 2 N–H and O–H groups in total. The Labute approximate surface area is 101 Å². The minimum atomic E-state index is 0.335. The number of pyridine rings is 1. The molecule has 0 saturated heterocycles. The first-order valence-electron chi connectivity index (χ1n) is 6.28. The van der Waals surface area contributed by atoms with Crippen LogP contribution in [0.25, 0.3) is 11.2 Å². The van der Waals surface area contributed by atoms with Gasteiger partial charge in [0.05, 0.1) is 0 Å². The highest BCUT2D eigenvalue weighted by Gasteiger charge is 2.24. The van der Waals surface area contributed by atoms with Crippen LogP contribution in [0.4, 0.5) is 0 Å². The van der Waals surface area contributed by atoms with Gasteiger partial charge < -0.3 is 10.3 Å².